The Kier molecular flexibility index (Phi) is 5.84. The first-order valence-corrected chi connectivity index (χ1v) is 12.7. The zero-order valence-corrected chi connectivity index (χ0v) is 18.9. The minimum Gasteiger partial charge on any atom is -0.486 e. The second-order valence-corrected chi connectivity index (χ2v) is 10.4. The van der Waals surface area contributed by atoms with Crippen LogP contribution in [0.2, 0.25) is 0 Å². The molecular formula is C23H26N4O5S. The number of aromatic nitrogens is 2. The summed E-state index contributed by atoms with van der Waals surface area (Å²) < 4.78 is 39.2. The molecule has 3 aromatic rings. The lowest BCUT2D eigenvalue weighted by Crippen LogP contribution is -2.29. The van der Waals surface area contributed by atoms with E-state index in [0.717, 1.165) is 24.8 Å². The van der Waals surface area contributed by atoms with Gasteiger partial charge in [-0.15, -0.1) is 0 Å². The zero-order chi connectivity index (χ0) is 22.8. The Labute approximate surface area is 191 Å². The van der Waals surface area contributed by atoms with Gasteiger partial charge in [-0.3, -0.25) is 14.6 Å². The number of aromatic amines is 1. The molecule has 0 bridgehead atoms. The Hall–Kier alpha value is -3.27. The first-order chi connectivity index (χ1) is 16.0. The lowest BCUT2D eigenvalue weighted by molar-refractivity contribution is -0.115. The third-order valence-corrected chi connectivity index (χ3v) is 7.91. The Morgan fingerprint density at radius 2 is 1.82 bits per heavy atom. The van der Waals surface area contributed by atoms with Crippen LogP contribution in [-0.4, -0.2) is 43.0 Å². The fourth-order valence-corrected chi connectivity index (χ4v) is 5.94. The molecule has 0 unspecified atom stereocenters. The molecule has 1 aromatic heterocycles. The minimum absolute atomic E-state index is 0.157. The molecule has 1 amide bonds. The van der Waals surface area contributed by atoms with Gasteiger partial charge in [0.1, 0.15) is 13.2 Å². The number of H-pyrrole nitrogens is 1. The van der Waals surface area contributed by atoms with Crippen LogP contribution in [0.5, 0.6) is 11.5 Å². The van der Waals surface area contributed by atoms with E-state index in [1.165, 1.54) is 0 Å². The third kappa shape index (κ3) is 4.75. The van der Waals surface area contributed by atoms with Crippen LogP contribution in [0.4, 0.5) is 11.5 Å². The second kappa shape index (κ2) is 8.93. The lowest BCUT2D eigenvalue weighted by atomic mass is 10.0. The predicted molar refractivity (Wildman–Crippen MR) is 125 cm³/mol. The van der Waals surface area contributed by atoms with E-state index in [1.807, 2.05) is 6.07 Å². The zero-order valence-electron chi connectivity index (χ0n) is 18.1. The van der Waals surface area contributed by atoms with Crippen molar-refractivity contribution < 1.29 is 22.7 Å². The van der Waals surface area contributed by atoms with E-state index < -0.39 is 10.0 Å². The molecule has 33 heavy (non-hydrogen) atoms. The Morgan fingerprint density at radius 3 is 2.64 bits per heavy atom. The van der Waals surface area contributed by atoms with Gasteiger partial charge >= 0.3 is 0 Å². The summed E-state index contributed by atoms with van der Waals surface area (Å²) in [5.41, 5.74) is 1.91. The van der Waals surface area contributed by atoms with Gasteiger partial charge in [-0.1, -0.05) is 25.3 Å². The summed E-state index contributed by atoms with van der Waals surface area (Å²) in [5.74, 6) is 1.50. The highest BCUT2D eigenvalue weighted by molar-refractivity contribution is 7.93. The summed E-state index contributed by atoms with van der Waals surface area (Å²) in [6.07, 6.45) is 4.53. The molecule has 1 aliphatic carbocycles. The lowest BCUT2D eigenvalue weighted by Gasteiger charge is -2.22. The van der Waals surface area contributed by atoms with Crippen molar-refractivity contribution in [3.05, 3.63) is 42.0 Å². The van der Waals surface area contributed by atoms with Crippen LogP contribution < -0.4 is 19.5 Å². The van der Waals surface area contributed by atoms with Crippen molar-refractivity contribution in [2.75, 3.05) is 23.3 Å². The number of rotatable bonds is 6. The standard InChI is InChI=1S/C23H26N4O5S/c28-22(13-15-6-9-20-21(12-15)32-11-10-31-20)24-23-18-8-7-16(14-19(18)25-26-23)27-33(29,30)17-4-2-1-3-5-17/h6-9,12,14,17,27H,1-5,10-11,13H2,(H2,24,25,26,28). The molecule has 0 atom stereocenters. The summed E-state index contributed by atoms with van der Waals surface area (Å²) >= 11 is 0. The number of hydrogen-bond acceptors (Lipinski definition) is 6. The van der Waals surface area contributed by atoms with E-state index in [0.29, 0.717) is 60.0 Å². The van der Waals surface area contributed by atoms with Gasteiger partial charge in [0.05, 0.1) is 22.9 Å². The van der Waals surface area contributed by atoms with Crippen molar-refractivity contribution in [2.45, 2.75) is 43.8 Å². The number of fused-ring (bicyclic) bond motifs is 2. The summed E-state index contributed by atoms with van der Waals surface area (Å²) in [5, 5.41) is 10.2. The maximum Gasteiger partial charge on any atom is 0.235 e. The van der Waals surface area contributed by atoms with Crippen molar-refractivity contribution in [3.63, 3.8) is 0 Å². The number of carbonyl (C=O) groups is 1. The van der Waals surface area contributed by atoms with Crippen LogP contribution in [0.25, 0.3) is 10.9 Å². The Bertz CT molecular complexity index is 1280. The molecule has 0 saturated heterocycles. The molecule has 1 fully saturated rings. The van der Waals surface area contributed by atoms with Crippen LogP contribution in [0, 0.1) is 0 Å². The average molecular weight is 471 g/mol. The second-order valence-electron chi connectivity index (χ2n) is 8.44. The number of anilines is 2. The van der Waals surface area contributed by atoms with Gasteiger partial charge in [0.25, 0.3) is 0 Å². The monoisotopic (exact) mass is 470 g/mol. The molecule has 5 rings (SSSR count). The van der Waals surface area contributed by atoms with Crippen LogP contribution >= 0.6 is 0 Å². The van der Waals surface area contributed by atoms with Gasteiger partial charge in [-0.2, -0.15) is 5.10 Å². The maximum absolute atomic E-state index is 12.7. The molecule has 2 aliphatic rings. The van der Waals surface area contributed by atoms with Crippen molar-refractivity contribution >= 4 is 38.3 Å². The number of carbonyl (C=O) groups excluding carboxylic acids is 1. The third-order valence-electron chi connectivity index (χ3n) is 6.04. The van der Waals surface area contributed by atoms with E-state index in [9.17, 15) is 13.2 Å². The topological polar surface area (TPSA) is 122 Å². The number of nitrogens with one attached hydrogen (secondary N) is 3. The first kappa shape index (κ1) is 21.6. The van der Waals surface area contributed by atoms with E-state index >= 15 is 0 Å². The molecule has 1 aliphatic heterocycles. The first-order valence-electron chi connectivity index (χ1n) is 11.2. The minimum atomic E-state index is -3.43. The molecule has 2 aromatic carbocycles. The molecule has 0 spiro atoms. The maximum atomic E-state index is 12.7. The van der Waals surface area contributed by atoms with E-state index in [-0.39, 0.29) is 17.6 Å². The van der Waals surface area contributed by atoms with E-state index in [1.54, 1.807) is 30.3 Å². The summed E-state index contributed by atoms with van der Waals surface area (Å²) in [7, 11) is -3.43. The Balaban J connectivity index is 1.26. The van der Waals surface area contributed by atoms with Crippen LogP contribution in [-0.2, 0) is 21.2 Å². The van der Waals surface area contributed by atoms with Gasteiger partial charge in [-0.05, 0) is 48.7 Å². The van der Waals surface area contributed by atoms with Crippen LogP contribution in [0.15, 0.2) is 36.4 Å². The molecule has 9 nitrogen and oxygen atoms in total. The van der Waals surface area contributed by atoms with E-state index in [2.05, 4.69) is 20.2 Å². The largest absolute Gasteiger partial charge is 0.486 e. The van der Waals surface area contributed by atoms with Crippen LogP contribution in [0.1, 0.15) is 37.7 Å². The molecular weight excluding hydrogens is 444 g/mol. The molecule has 2 heterocycles. The quantitative estimate of drug-likeness (QED) is 0.506. The molecule has 1 saturated carbocycles. The fraction of sp³-hybridized carbons (Fsp3) is 0.391. The summed E-state index contributed by atoms with van der Waals surface area (Å²) in [4.78, 5) is 12.6. The molecule has 174 valence electrons. The van der Waals surface area contributed by atoms with Crippen molar-refractivity contribution in [1.82, 2.24) is 10.2 Å². The summed E-state index contributed by atoms with van der Waals surface area (Å²) in [6, 6.07) is 10.6. The van der Waals surface area contributed by atoms with Crippen LogP contribution in [0.3, 0.4) is 0 Å². The fourth-order valence-electron chi connectivity index (χ4n) is 4.36. The van der Waals surface area contributed by atoms with Crippen molar-refractivity contribution in [2.24, 2.45) is 0 Å². The van der Waals surface area contributed by atoms with Gasteiger partial charge in [0, 0.05) is 5.39 Å². The van der Waals surface area contributed by atoms with Gasteiger partial charge < -0.3 is 14.8 Å². The normalized spacial score (nSPS) is 16.5. The highest BCUT2D eigenvalue weighted by Gasteiger charge is 2.27. The van der Waals surface area contributed by atoms with Gasteiger partial charge in [0.15, 0.2) is 17.3 Å². The highest BCUT2D eigenvalue weighted by atomic mass is 32.2. The molecule has 10 heteroatoms. The van der Waals surface area contributed by atoms with E-state index in [4.69, 9.17) is 9.47 Å². The number of sulfonamides is 1. The van der Waals surface area contributed by atoms with Gasteiger partial charge in [0.2, 0.25) is 15.9 Å². The number of nitrogens with zero attached hydrogens (tertiary/aromatic N) is 1. The number of ether oxygens (including phenoxy) is 2. The Morgan fingerprint density at radius 1 is 1.03 bits per heavy atom. The highest BCUT2D eigenvalue weighted by Crippen LogP contribution is 2.31. The number of benzene rings is 2. The summed E-state index contributed by atoms with van der Waals surface area (Å²) in [6.45, 7) is 1.00. The van der Waals surface area contributed by atoms with Crippen molar-refractivity contribution in [3.8, 4) is 11.5 Å². The van der Waals surface area contributed by atoms with Crippen molar-refractivity contribution in [1.29, 1.82) is 0 Å². The smallest absolute Gasteiger partial charge is 0.235 e. The number of hydrogen-bond donors (Lipinski definition) is 3. The van der Waals surface area contributed by atoms with Gasteiger partial charge in [-0.25, -0.2) is 8.42 Å². The predicted octanol–water partition coefficient (Wildman–Crippen LogP) is 3.59. The molecule has 3 N–H and O–H groups in total. The average Bonchev–Trinajstić information content (AvgIpc) is 3.21. The SMILES string of the molecule is O=C(Cc1ccc2c(c1)OCCO2)Nc1n[nH]c2cc(NS(=O)(=O)C3CCCCC3)ccc12. The molecule has 0 radical (unpaired) electrons. The number of amides is 1.